The van der Waals surface area contributed by atoms with Crippen molar-refractivity contribution >= 4 is 32.6 Å². The fraction of sp³-hybridized carbons (Fsp3) is 0.304. The summed E-state index contributed by atoms with van der Waals surface area (Å²) < 4.78 is 36.3. The zero-order valence-electron chi connectivity index (χ0n) is 16.8. The number of carbonyl (C=O) groups is 1. The van der Waals surface area contributed by atoms with Crippen molar-refractivity contribution in [1.29, 1.82) is 0 Å². The number of hydrogen-bond donors (Lipinski definition) is 0. The number of hydrogen-bond acceptors (Lipinski definition) is 6. The van der Waals surface area contributed by atoms with E-state index in [9.17, 15) is 18.0 Å². The maximum atomic E-state index is 12.5. The number of fused-ring (bicyclic) bond motifs is 2. The molecular weight excluding hydrogens is 418 g/mol. The molecule has 2 aromatic carbocycles. The number of rotatable bonds is 4. The molecule has 1 saturated heterocycles. The number of anilines is 1. The Balaban J connectivity index is 1.35. The first-order valence-corrected chi connectivity index (χ1v) is 11.9. The summed E-state index contributed by atoms with van der Waals surface area (Å²) >= 11 is 0. The molecule has 8 heteroatoms. The normalized spacial score (nSPS) is 17.1. The van der Waals surface area contributed by atoms with E-state index in [0.717, 1.165) is 24.6 Å². The summed E-state index contributed by atoms with van der Waals surface area (Å²) in [4.78, 5) is 24.5. The van der Waals surface area contributed by atoms with Crippen LogP contribution in [0.5, 0.6) is 0 Å². The average Bonchev–Trinajstić information content (AvgIpc) is 3.35. The lowest BCUT2D eigenvalue weighted by Crippen LogP contribution is -2.25. The van der Waals surface area contributed by atoms with Gasteiger partial charge in [-0.05, 0) is 73.2 Å². The van der Waals surface area contributed by atoms with E-state index in [-0.39, 0.29) is 12.4 Å². The predicted molar refractivity (Wildman–Crippen MR) is 116 cm³/mol. The molecule has 0 amide bonds. The van der Waals surface area contributed by atoms with Crippen LogP contribution in [-0.4, -0.2) is 26.7 Å². The molecule has 0 atom stereocenters. The standard InChI is InChI=1S/C23H21NO6S/c25-22-13-18(20-11-16-3-1-4-17(16)12-21(20)30-22)14-29-23(26)15-5-7-19(8-6-15)24-9-2-10-31(24,27)28/h5-8,11-13H,1-4,9-10,14H2. The summed E-state index contributed by atoms with van der Waals surface area (Å²) in [5.74, 6) is -0.405. The Morgan fingerprint density at radius 2 is 1.77 bits per heavy atom. The Morgan fingerprint density at radius 1 is 1.03 bits per heavy atom. The van der Waals surface area contributed by atoms with Crippen molar-refractivity contribution in [3.05, 3.63) is 75.1 Å². The molecule has 0 saturated carbocycles. The molecule has 0 spiro atoms. The summed E-state index contributed by atoms with van der Waals surface area (Å²) in [6, 6.07) is 11.6. The van der Waals surface area contributed by atoms with Crippen LogP contribution in [0, 0.1) is 0 Å². The van der Waals surface area contributed by atoms with Gasteiger partial charge in [0.1, 0.15) is 12.2 Å². The third kappa shape index (κ3) is 3.72. The highest BCUT2D eigenvalue weighted by molar-refractivity contribution is 7.93. The highest BCUT2D eigenvalue weighted by Gasteiger charge is 2.28. The quantitative estimate of drug-likeness (QED) is 0.458. The van der Waals surface area contributed by atoms with Crippen LogP contribution in [0.15, 0.2) is 51.7 Å². The Bertz CT molecular complexity index is 1340. The molecule has 2 aliphatic rings. The molecule has 0 radical (unpaired) electrons. The first kappa shape index (κ1) is 19.8. The van der Waals surface area contributed by atoms with Gasteiger partial charge >= 0.3 is 11.6 Å². The Labute approximate surface area is 179 Å². The first-order valence-electron chi connectivity index (χ1n) is 10.3. The monoisotopic (exact) mass is 439 g/mol. The second kappa shape index (κ2) is 7.53. The van der Waals surface area contributed by atoms with Crippen LogP contribution in [0.25, 0.3) is 11.0 Å². The minimum Gasteiger partial charge on any atom is -0.457 e. The Hall–Kier alpha value is -3.13. The van der Waals surface area contributed by atoms with Crippen LogP contribution in [0.4, 0.5) is 5.69 Å². The topological polar surface area (TPSA) is 93.9 Å². The minimum atomic E-state index is -3.27. The molecule has 0 unspecified atom stereocenters. The summed E-state index contributed by atoms with van der Waals surface area (Å²) in [6.07, 6.45) is 3.63. The largest absolute Gasteiger partial charge is 0.457 e. The van der Waals surface area contributed by atoms with E-state index in [0.29, 0.717) is 35.4 Å². The number of benzene rings is 2. The van der Waals surface area contributed by atoms with Gasteiger partial charge in [-0.1, -0.05) is 0 Å². The van der Waals surface area contributed by atoms with Gasteiger partial charge < -0.3 is 9.15 Å². The van der Waals surface area contributed by atoms with Crippen LogP contribution in [0.3, 0.4) is 0 Å². The van der Waals surface area contributed by atoms with Gasteiger partial charge in [0, 0.05) is 23.6 Å². The van der Waals surface area contributed by atoms with E-state index in [4.69, 9.17) is 9.15 Å². The second-order valence-corrected chi connectivity index (χ2v) is 9.94. The van der Waals surface area contributed by atoms with E-state index in [2.05, 4.69) is 0 Å². The van der Waals surface area contributed by atoms with Gasteiger partial charge in [-0.25, -0.2) is 18.0 Å². The van der Waals surface area contributed by atoms with E-state index in [1.807, 2.05) is 12.1 Å². The Morgan fingerprint density at radius 3 is 2.48 bits per heavy atom. The number of ether oxygens (including phenoxy) is 1. The molecule has 31 heavy (non-hydrogen) atoms. The van der Waals surface area contributed by atoms with Gasteiger partial charge in [-0.2, -0.15) is 0 Å². The third-order valence-electron chi connectivity index (χ3n) is 5.89. The van der Waals surface area contributed by atoms with E-state index in [1.165, 1.54) is 21.5 Å². The molecule has 1 aliphatic heterocycles. The second-order valence-electron chi connectivity index (χ2n) is 7.93. The van der Waals surface area contributed by atoms with Gasteiger partial charge in [0.05, 0.1) is 17.0 Å². The number of carbonyl (C=O) groups excluding carboxylic acids is 1. The smallest absolute Gasteiger partial charge is 0.338 e. The van der Waals surface area contributed by atoms with E-state index >= 15 is 0 Å². The lowest BCUT2D eigenvalue weighted by atomic mass is 10.0. The molecule has 1 fully saturated rings. The number of aryl methyl sites for hydroxylation is 2. The molecule has 0 N–H and O–H groups in total. The molecule has 1 aromatic heterocycles. The maximum absolute atomic E-state index is 12.5. The van der Waals surface area contributed by atoms with Crippen molar-refractivity contribution in [1.82, 2.24) is 0 Å². The van der Waals surface area contributed by atoms with Crippen LogP contribution in [0.1, 0.15) is 39.9 Å². The maximum Gasteiger partial charge on any atom is 0.338 e. The van der Waals surface area contributed by atoms with Crippen molar-refractivity contribution < 1.29 is 22.4 Å². The molecule has 5 rings (SSSR count). The fourth-order valence-electron chi connectivity index (χ4n) is 4.33. The summed E-state index contributed by atoms with van der Waals surface area (Å²) in [5.41, 5.74) is 3.92. The zero-order chi connectivity index (χ0) is 21.6. The van der Waals surface area contributed by atoms with Crippen molar-refractivity contribution in [2.24, 2.45) is 0 Å². The zero-order valence-corrected chi connectivity index (χ0v) is 17.6. The minimum absolute atomic E-state index is 0.0536. The molecule has 0 bridgehead atoms. The lowest BCUT2D eigenvalue weighted by molar-refractivity contribution is 0.0474. The summed E-state index contributed by atoms with van der Waals surface area (Å²) in [6.45, 7) is 0.390. The number of sulfonamides is 1. The van der Waals surface area contributed by atoms with Gasteiger partial charge in [-0.3, -0.25) is 4.31 Å². The molecule has 3 aromatic rings. The van der Waals surface area contributed by atoms with Gasteiger partial charge in [0.2, 0.25) is 10.0 Å². The van der Waals surface area contributed by atoms with E-state index < -0.39 is 21.6 Å². The average molecular weight is 439 g/mol. The molecule has 7 nitrogen and oxygen atoms in total. The number of nitrogens with zero attached hydrogens (tertiary/aromatic N) is 1. The Kier molecular flexibility index (Phi) is 4.81. The lowest BCUT2D eigenvalue weighted by Gasteiger charge is -2.17. The van der Waals surface area contributed by atoms with Crippen molar-refractivity contribution in [3.8, 4) is 0 Å². The first-order chi connectivity index (χ1) is 14.9. The molecule has 160 valence electrons. The van der Waals surface area contributed by atoms with Crippen LogP contribution >= 0.6 is 0 Å². The van der Waals surface area contributed by atoms with E-state index in [1.54, 1.807) is 24.3 Å². The number of esters is 1. The molecule has 1 aliphatic carbocycles. The van der Waals surface area contributed by atoms with Gasteiger partial charge in [0.15, 0.2) is 0 Å². The van der Waals surface area contributed by atoms with Crippen LogP contribution in [-0.2, 0) is 34.2 Å². The third-order valence-corrected chi connectivity index (χ3v) is 7.76. The van der Waals surface area contributed by atoms with Crippen molar-refractivity contribution in [2.45, 2.75) is 32.3 Å². The fourth-order valence-corrected chi connectivity index (χ4v) is 5.90. The van der Waals surface area contributed by atoms with Gasteiger partial charge in [-0.15, -0.1) is 0 Å². The van der Waals surface area contributed by atoms with Crippen molar-refractivity contribution in [3.63, 3.8) is 0 Å². The highest BCUT2D eigenvalue weighted by atomic mass is 32.2. The van der Waals surface area contributed by atoms with Crippen LogP contribution in [0.2, 0.25) is 0 Å². The summed E-state index contributed by atoms with van der Waals surface area (Å²) in [5, 5.41) is 0.780. The summed E-state index contributed by atoms with van der Waals surface area (Å²) in [7, 11) is -3.27. The van der Waals surface area contributed by atoms with Crippen LogP contribution < -0.4 is 9.93 Å². The highest BCUT2D eigenvalue weighted by Crippen LogP contribution is 2.29. The SMILES string of the molecule is O=C(OCc1cc(=O)oc2cc3c(cc12)CCC3)c1ccc(N2CCCS2(=O)=O)cc1. The predicted octanol–water partition coefficient (Wildman–Crippen LogP) is 3.18. The molecule has 2 heterocycles. The van der Waals surface area contributed by atoms with Crippen molar-refractivity contribution in [2.75, 3.05) is 16.6 Å². The molecular formula is C23H21NO6S. The van der Waals surface area contributed by atoms with Gasteiger partial charge in [0.25, 0.3) is 0 Å².